The average molecular weight is 294 g/mol. The maximum atomic E-state index is 11.1. The molecule has 0 radical (unpaired) electrons. The lowest BCUT2D eigenvalue weighted by Crippen LogP contribution is -2.34. The molecule has 110 valence electrons. The Kier molecular flexibility index (Phi) is 7.97. The Bertz CT molecular complexity index is 474. The summed E-state index contributed by atoms with van der Waals surface area (Å²) in [6.45, 7) is 4.04. The number of hydrogen-bond donors (Lipinski definition) is 2. The molecule has 1 rings (SSSR count). The topological polar surface area (TPSA) is 66.6 Å². The minimum absolute atomic E-state index is 0.0801. The molecule has 0 aromatic carbocycles. The quantitative estimate of drug-likeness (QED) is 0.715. The van der Waals surface area contributed by atoms with Gasteiger partial charge >= 0.3 is 0 Å². The molecule has 0 aliphatic carbocycles. The lowest BCUT2D eigenvalue weighted by atomic mass is 10.2. The molecule has 0 unspecified atom stereocenters. The summed E-state index contributed by atoms with van der Waals surface area (Å²) in [5, 5.41) is 10.7. The fraction of sp³-hybridized carbons (Fsp3) is 0.533. The van der Waals surface area contributed by atoms with E-state index >= 15 is 0 Å². The molecule has 5 heteroatoms. The Hall–Kier alpha value is -1.35. The number of primary amides is 1. The first-order valence-electron chi connectivity index (χ1n) is 6.84. The van der Waals surface area contributed by atoms with Gasteiger partial charge in [0, 0.05) is 23.4 Å². The highest BCUT2D eigenvalue weighted by Crippen LogP contribution is 2.18. The molecule has 4 nitrogen and oxygen atoms in total. The van der Waals surface area contributed by atoms with E-state index < -0.39 is 0 Å². The molecule has 1 aromatic heterocycles. The van der Waals surface area contributed by atoms with E-state index in [-0.39, 0.29) is 19.1 Å². The number of aliphatic hydroxyl groups is 1. The maximum absolute atomic E-state index is 11.1. The van der Waals surface area contributed by atoms with Gasteiger partial charge < -0.3 is 10.8 Å². The first kappa shape index (κ1) is 16.7. The number of carbonyl (C=O) groups is 1. The Morgan fingerprint density at radius 1 is 1.55 bits per heavy atom. The first-order chi connectivity index (χ1) is 9.67. The summed E-state index contributed by atoms with van der Waals surface area (Å²) >= 11 is 1.64. The Labute approximate surface area is 124 Å². The molecule has 0 aliphatic rings. The molecule has 0 fully saturated rings. The highest BCUT2D eigenvalue weighted by Gasteiger charge is 2.11. The van der Waals surface area contributed by atoms with Crippen LogP contribution in [0.25, 0.3) is 0 Å². The van der Waals surface area contributed by atoms with E-state index in [4.69, 9.17) is 10.8 Å². The molecule has 1 aromatic rings. The van der Waals surface area contributed by atoms with Gasteiger partial charge in [-0.3, -0.25) is 9.69 Å². The zero-order valence-corrected chi connectivity index (χ0v) is 12.7. The normalized spacial score (nSPS) is 10.3. The van der Waals surface area contributed by atoms with Crippen molar-refractivity contribution >= 4 is 17.2 Å². The van der Waals surface area contributed by atoms with E-state index in [1.165, 1.54) is 0 Å². The molecule has 0 spiro atoms. The minimum Gasteiger partial charge on any atom is -0.395 e. The third kappa shape index (κ3) is 6.20. The number of unbranched alkanes of at least 4 members (excludes halogenated alkanes) is 1. The van der Waals surface area contributed by atoms with Crippen LogP contribution in [0.1, 0.15) is 36.6 Å². The molecular weight excluding hydrogens is 272 g/mol. The zero-order chi connectivity index (χ0) is 14.8. The minimum atomic E-state index is -0.300. The monoisotopic (exact) mass is 294 g/mol. The number of hydrogen-bond acceptors (Lipinski definition) is 4. The Balaban J connectivity index is 2.70. The van der Waals surface area contributed by atoms with E-state index in [9.17, 15) is 4.79 Å². The summed E-state index contributed by atoms with van der Waals surface area (Å²) in [5.41, 5.74) is 6.28. The predicted molar refractivity (Wildman–Crippen MR) is 82.3 cm³/mol. The van der Waals surface area contributed by atoms with Crippen LogP contribution in [-0.4, -0.2) is 35.6 Å². The molecule has 1 amide bonds. The molecule has 0 saturated carbocycles. The van der Waals surface area contributed by atoms with E-state index in [0.717, 1.165) is 29.8 Å². The van der Waals surface area contributed by atoms with Gasteiger partial charge in [0.15, 0.2) is 0 Å². The summed E-state index contributed by atoms with van der Waals surface area (Å²) in [4.78, 5) is 14.3. The number of nitrogens with zero attached hydrogens (tertiary/aromatic N) is 1. The van der Waals surface area contributed by atoms with Crippen LogP contribution in [0.15, 0.2) is 11.4 Å². The van der Waals surface area contributed by atoms with Crippen molar-refractivity contribution in [3.63, 3.8) is 0 Å². The third-order valence-electron chi connectivity index (χ3n) is 2.78. The Morgan fingerprint density at radius 3 is 3.00 bits per heavy atom. The molecule has 3 N–H and O–H groups in total. The number of carbonyl (C=O) groups excluding carboxylic acids is 1. The van der Waals surface area contributed by atoms with Gasteiger partial charge in [0.05, 0.1) is 13.2 Å². The van der Waals surface area contributed by atoms with Crippen LogP contribution in [0, 0.1) is 11.8 Å². The molecule has 0 saturated heterocycles. The second-order valence-electron chi connectivity index (χ2n) is 4.56. The number of aliphatic hydroxyl groups excluding tert-OH is 1. The van der Waals surface area contributed by atoms with Crippen molar-refractivity contribution in [1.82, 2.24) is 4.90 Å². The van der Waals surface area contributed by atoms with E-state index in [0.29, 0.717) is 13.0 Å². The van der Waals surface area contributed by atoms with Crippen molar-refractivity contribution in [2.75, 3.05) is 19.7 Å². The summed E-state index contributed by atoms with van der Waals surface area (Å²) in [5.74, 6) is 5.70. The lowest BCUT2D eigenvalue weighted by molar-refractivity contribution is -0.119. The molecule has 0 bridgehead atoms. The van der Waals surface area contributed by atoms with E-state index in [2.05, 4.69) is 23.7 Å². The van der Waals surface area contributed by atoms with E-state index in [1.54, 1.807) is 11.3 Å². The standard InChI is InChI=1S/C15H22N2O2S/c1-2-3-8-17(12-15(16)19)11-14-13(7-10-20-14)6-4-5-9-18/h7,10,18H,2-3,5,8-9,11-12H2,1H3,(H2,16,19). The smallest absolute Gasteiger partial charge is 0.231 e. The SMILES string of the molecule is CCCCN(CC(N)=O)Cc1sccc1C#CCCO. The number of amides is 1. The van der Waals surface area contributed by atoms with Crippen LogP contribution in [0.4, 0.5) is 0 Å². The summed E-state index contributed by atoms with van der Waals surface area (Å²) < 4.78 is 0. The number of nitrogens with two attached hydrogens (primary N) is 1. The van der Waals surface area contributed by atoms with Crippen LogP contribution in [0.5, 0.6) is 0 Å². The Morgan fingerprint density at radius 2 is 2.35 bits per heavy atom. The van der Waals surface area contributed by atoms with Gasteiger partial charge in [0.2, 0.25) is 5.91 Å². The van der Waals surface area contributed by atoms with Crippen molar-refractivity contribution in [3.8, 4) is 11.8 Å². The highest BCUT2D eigenvalue weighted by molar-refractivity contribution is 7.10. The fourth-order valence-electron chi connectivity index (χ4n) is 1.81. The maximum Gasteiger partial charge on any atom is 0.231 e. The van der Waals surface area contributed by atoms with Crippen molar-refractivity contribution in [1.29, 1.82) is 0 Å². The second kappa shape index (κ2) is 9.54. The largest absolute Gasteiger partial charge is 0.395 e. The molecule has 0 atom stereocenters. The number of thiophene rings is 1. The van der Waals surface area contributed by atoms with Crippen molar-refractivity contribution in [3.05, 3.63) is 21.9 Å². The van der Waals surface area contributed by atoms with Crippen LogP contribution in [0.2, 0.25) is 0 Å². The molecule has 20 heavy (non-hydrogen) atoms. The fourth-order valence-corrected chi connectivity index (χ4v) is 2.68. The van der Waals surface area contributed by atoms with Gasteiger partial charge in [-0.05, 0) is 24.4 Å². The van der Waals surface area contributed by atoms with Gasteiger partial charge in [-0.1, -0.05) is 25.2 Å². The van der Waals surface area contributed by atoms with Crippen molar-refractivity contribution in [2.45, 2.75) is 32.7 Å². The van der Waals surface area contributed by atoms with Crippen LogP contribution in [0.3, 0.4) is 0 Å². The van der Waals surface area contributed by atoms with Crippen molar-refractivity contribution < 1.29 is 9.90 Å². The highest BCUT2D eigenvalue weighted by atomic mass is 32.1. The van der Waals surface area contributed by atoms with Gasteiger partial charge in [0.25, 0.3) is 0 Å². The first-order valence-corrected chi connectivity index (χ1v) is 7.72. The molecule has 1 heterocycles. The van der Waals surface area contributed by atoms with Crippen LogP contribution in [-0.2, 0) is 11.3 Å². The number of rotatable bonds is 8. The van der Waals surface area contributed by atoms with Gasteiger partial charge in [0.1, 0.15) is 0 Å². The van der Waals surface area contributed by atoms with Crippen LogP contribution < -0.4 is 5.73 Å². The predicted octanol–water partition coefficient (Wildman–Crippen LogP) is 1.57. The average Bonchev–Trinajstić information content (AvgIpc) is 2.83. The zero-order valence-electron chi connectivity index (χ0n) is 11.9. The van der Waals surface area contributed by atoms with Crippen LogP contribution >= 0.6 is 11.3 Å². The van der Waals surface area contributed by atoms with Gasteiger partial charge in [-0.2, -0.15) is 0 Å². The van der Waals surface area contributed by atoms with Gasteiger partial charge in [-0.25, -0.2) is 0 Å². The molecule has 0 aliphatic heterocycles. The van der Waals surface area contributed by atoms with E-state index in [1.807, 2.05) is 11.4 Å². The lowest BCUT2D eigenvalue weighted by Gasteiger charge is -2.19. The summed E-state index contributed by atoms with van der Waals surface area (Å²) in [6.07, 6.45) is 2.61. The van der Waals surface area contributed by atoms with Gasteiger partial charge in [-0.15, -0.1) is 11.3 Å². The summed E-state index contributed by atoms with van der Waals surface area (Å²) in [6, 6.07) is 1.98. The molecular formula is C15H22N2O2S. The second-order valence-corrected chi connectivity index (χ2v) is 5.56. The third-order valence-corrected chi connectivity index (χ3v) is 3.69. The van der Waals surface area contributed by atoms with Crippen molar-refractivity contribution in [2.24, 2.45) is 5.73 Å². The summed E-state index contributed by atoms with van der Waals surface area (Å²) in [7, 11) is 0.